The van der Waals surface area contributed by atoms with Gasteiger partial charge in [0.1, 0.15) is 11.6 Å². The molecular weight excluding hydrogens is 274 g/mol. The summed E-state index contributed by atoms with van der Waals surface area (Å²) in [5.41, 5.74) is 1.01. The zero-order valence-electron chi connectivity index (χ0n) is 11.5. The van der Waals surface area contributed by atoms with Crippen molar-refractivity contribution in [3.05, 3.63) is 40.9 Å². The molecule has 2 aromatic rings. The number of carbonyl (C=O) groups excluding carboxylic acids is 1. The number of anilines is 1. The number of hydrogen-bond acceptors (Lipinski definition) is 5. The maximum absolute atomic E-state index is 12.3. The van der Waals surface area contributed by atoms with E-state index in [0.29, 0.717) is 11.7 Å². The minimum atomic E-state index is -0.175. The van der Waals surface area contributed by atoms with Gasteiger partial charge in [0, 0.05) is 7.11 Å². The van der Waals surface area contributed by atoms with Crippen molar-refractivity contribution in [2.24, 2.45) is 0 Å². The molecular formula is C14H17N3O2S. The molecule has 1 atom stereocenters. The first kappa shape index (κ1) is 14.6. The molecule has 0 aliphatic carbocycles. The molecule has 0 aliphatic heterocycles. The van der Waals surface area contributed by atoms with Crippen molar-refractivity contribution in [2.75, 3.05) is 12.4 Å². The average molecular weight is 291 g/mol. The molecule has 0 saturated carbocycles. The maximum atomic E-state index is 12.3. The Balaban J connectivity index is 2.05. The van der Waals surface area contributed by atoms with Crippen molar-refractivity contribution < 1.29 is 9.53 Å². The standard InChI is InChI=1S/C14H17N3O2S/c1-3-11(10-7-5-4-6-8-10)13(18)15-14-17-16-12(20-14)9-19-2/h4-8,11H,3,9H2,1-2H3,(H,15,17,18)/t11-/m0/s1. The van der Waals surface area contributed by atoms with E-state index in [2.05, 4.69) is 15.5 Å². The highest BCUT2D eigenvalue weighted by molar-refractivity contribution is 7.15. The van der Waals surface area contributed by atoms with Gasteiger partial charge < -0.3 is 4.74 Å². The summed E-state index contributed by atoms with van der Waals surface area (Å²) in [5, 5.41) is 12.0. The molecule has 106 valence electrons. The molecule has 0 fully saturated rings. The van der Waals surface area contributed by atoms with E-state index in [-0.39, 0.29) is 11.8 Å². The smallest absolute Gasteiger partial charge is 0.233 e. The van der Waals surface area contributed by atoms with Gasteiger partial charge >= 0.3 is 0 Å². The number of hydrogen-bond donors (Lipinski definition) is 1. The first-order valence-electron chi connectivity index (χ1n) is 6.41. The lowest BCUT2D eigenvalue weighted by molar-refractivity contribution is -0.117. The number of carbonyl (C=O) groups is 1. The molecule has 5 nitrogen and oxygen atoms in total. The van der Waals surface area contributed by atoms with Crippen LogP contribution in [0.15, 0.2) is 30.3 Å². The summed E-state index contributed by atoms with van der Waals surface area (Å²) in [6.07, 6.45) is 0.736. The summed E-state index contributed by atoms with van der Waals surface area (Å²) in [6, 6.07) is 9.74. The summed E-state index contributed by atoms with van der Waals surface area (Å²) in [5.74, 6) is -0.232. The molecule has 20 heavy (non-hydrogen) atoms. The number of benzene rings is 1. The summed E-state index contributed by atoms with van der Waals surface area (Å²) in [6.45, 7) is 2.40. The number of aromatic nitrogens is 2. The van der Waals surface area contributed by atoms with Gasteiger partial charge in [0.2, 0.25) is 11.0 Å². The van der Waals surface area contributed by atoms with Crippen LogP contribution >= 0.6 is 11.3 Å². The Morgan fingerprint density at radius 3 is 2.75 bits per heavy atom. The third-order valence-electron chi connectivity index (χ3n) is 2.89. The highest BCUT2D eigenvalue weighted by Crippen LogP contribution is 2.23. The van der Waals surface area contributed by atoms with Crippen molar-refractivity contribution in [3.63, 3.8) is 0 Å². The molecule has 0 saturated heterocycles. The third kappa shape index (κ3) is 3.61. The van der Waals surface area contributed by atoms with Crippen LogP contribution in [0.3, 0.4) is 0 Å². The van der Waals surface area contributed by atoms with Gasteiger partial charge in [-0.05, 0) is 12.0 Å². The van der Waals surface area contributed by atoms with Crippen molar-refractivity contribution in [3.8, 4) is 0 Å². The van der Waals surface area contributed by atoms with Crippen LogP contribution in [0.1, 0.15) is 29.8 Å². The fourth-order valence-electron chi connectivity index (χ4n) is 1.94. The van der Waals surface area contributed by atoms with E-state index >= 15 is 0 Å². The predicted octanol–water partition coefficient (Wildman–Crippen LogP) is 2.82. The summed E-state index contributed by atoms with van der Waals surface area (Å²) >= 11 is 1.33. The lowest BCUT2D eigenvalue weighted by atomic mass is 9.96. The summed E-state index contributed by atoms with van der Waals surface area (Å²) < 4.78 is 4.98. The van der Waals surface area contributed by atoms with E-state index in [1.165, 1.54) is 11.3 Å². The Morgan fingerprint density at radius 1 is 1.35 bits per heavy atom. The van der Waals surface area contributed by atoms with Crippen LogP contribution in [-0.2, 0) is 16.1 Å². The number of rotatable bonds is 6. The fourth-order valence-corrected chi connectivity index (χ4v) is 2.65. The van der Waals surface area contributed by atoms with E-state index in [0.717, 1.165) is 17.0 Å². The molecule has 0 bridgehead atoms. The van der Waals surface area contributed by atoms with Gasteiger partial charge in [-0.15, -0.1) is 10.2 Å². The van der Waals surface area contributed by atoms with E-state index in [9.17, 15) is 4.79 Å². The van der Waals surface area contributed by atoms with Gasteiger partial charge in [-0.3, -0.25) is 10.1 Å². The molecule has 6 heteroatoms. The topological polar surface area (TPSA) is 64.1 Å². The normalized spacial score (nSPS) is 12.1. The van der Waals surface area contributed by atoms with E-state index in [1.807, 2.05) is 37.3 Å². The van der Waals surface area contributed by atoms with Gasteiger partial charge in [-0.2, -0.15) is 0 Å². The first-order valence-corrected chi connectivity index (χ1v) is 7.23. The van der Waals surface area contributed by atoms with E-state index < -0.39 is 0 Å². The van der Waals surface area contributed by atoms with Crippen molar-refractivity contribution in [1.29, 1.82) is 0 Å². The SMILES string of the molecule is CC[C@H](C(=O)Nc1nnc(COC)s1)c1ccccc1. The molecule has 0 unspecified atom stereocenters. The number of methoxy groups -OCH3 is 1. The lowest BCUT2D eigenvalue weighted by Gasteiger charge is -2.13. The molecule has 2 rings (SSSR count). The van der Waals surface area contributed by atoms with Gasteiger partial charge in [0.25, 0.3) is 0 Å². The van der Waals surface area contributed by atoms with Crippen LogP contribution in [-0.4, -0.2) is 23.2 Å². The predicted molar refractivity (Wildman–Crippen MR) is 78.7 cm³/mol. The van der Waals surface area contributed by atoms with Crippen LogP contribution < -0.4 is 5.32 Å². The van der Waals surface area contributed by atoms with Crippen LogP contribution in [0.5, 0.6) is 0 Å². The van der Waals surface area contributed by atoms with E-state index in [4.69, 9.17) is 4.74 Å². The van der Waals surface area contributed by atoms with Crippen LogP contribution in [0.2, 0.25) is 0 Å². The molecule has 1 heterocycles. The van der Waals surface area contributed by atoms with Gasteiger partial charge in [0.05, 0.1) is 5.92 Å². The monoisotopic (exact) mass is 291 g/mol. The summed E-state index contributed by atoms with van der Waals surface area (Å²) in [4.78, 5) is 12.3. The Hall–Kier alpha value is -1.79. The van der Waals surface area contributed by atoms with Gasteiger partial charge in [0.15, 0.2) is 0 Å². The highest BCUT2D eigenvalue weighted by atomic mass is 32.1. The maximum Gasteiger partial charge on any atom is 0.233 e. The number of amides is 1. The lowest BCUT2D eigenvalue weighted by Crippen LogP contribution is -2.20. The van der Waals surface area contributed by atoms with Crippen molar-refractivity contribution in [2.45, 2.75) is 25.9 Å². The molecule has 1 aromatic heterocycles. The zero-order valence-corrected chi connectivity index (χ0v) is 12.3. The first-order chi connectivity index (χ1) is 9.74. The average Bonchev–Trinajstić information content (AvgIpc) is 2.88. The van der Waals surface area contributed by atoms with Crippen LogP contribution in [0.25, 0.3) is 0 Å². The van der Waals surface area contributed by atoms with Gasteiger partial charge in [-0.1, -0.05) is 48.6 Å². The third-order valence-corrected chi connectivity index (χ3v) is 3.70. The molecule has 0 radical (unpaired) electrons. The Morgan fingerprint density at radius 2 is 2.10 bits per heavy atom. The Kier molecular flexibility index (Phi) is 5.20. The number of nitrogens with one attached hydrogen (secondary N) is 1. The fraction of sp³-hybridized carbons (Fsp3) is 0.357. The largest absolute Gasteiger partial charge is 0.377 e. The quantitative estimate of drug-likeness (QED) is 0.889. The minimum absolute atomic E-state index is 0.0567. The second-order valence-electron chi connectivity index (χ2n) is 4.29. The second kappa shape index (κ2) is 7.12. The summed E-state index contributed by atoms with van der Waals surface area (Å²) in [7, 11) is 1.60. The molecule has 1 N–H and O–H groups in total. The zero-order chi connectivity index (χ0) is 14.4. The van der Waals surface area contributed by atoms with Crippen LogP contribution in [0, 0.1) is 0 Å². The number of ether oxygens (including phenoxy) is 1. The highest BCUT2D eigenvalue weighted by Gasteiger charge is 2.19. The van der Waals surface area contributed by atoms with Crippen molar-refractivity contribution >= 4 is 22.4 Å². The van der Waals surface area contributed by atoms with Crippen LogP contribution in [0.4, 0.5) is 5.13 Å². The Bertz CT molecular complexity index is 557. The van der Waals surface area contributed by atoms with Crippen molar-refractivity contribution in [1.82, 2.24) is 10.2 Å². The Labute approximate surface area is 122 Å². The molecule has 1 amide bonds. The second-order valence-corrected chi connectivity index (χ2v) is 5.36. The van der Waals surface area contributed by atoms with Gasteiger partial charge in [-0.25, -0.2) is 0 Å². The molecule has 0 spiro atoms. The minimum Gasteiger partial charge on any atom is -0.377 e. The molecule has 0 aliphatic rings. The molecule has 1 aromatic carbocycles. The van der Waals surface area contributed by atoms with E-state index in [1.54, 1.807) is 7.11 Å². The number of nitrogens with zero attached hydrogens (tertiary/aromatic N) is 2.